The van der Waals surface area contributed by atoms with Crippen molar-refractivity contribution >= 4 is 21.6 Å². The molecule has 25 heavy (non-hydrogen) atoms. The van der Waals surface area contributed by atoms with E-state index in [1.54, 1.807) is 5.38 Å². The van der Waals surface area contributed by atoms with Crippen LogP contribution in [0.15, 0.2) is 29.9 Å². The van der Waals surface area contributed by atoms with Gasteiger partial charge in [0.15, 0.2) is 0 Å². The summed E-state index contributed by atoms with van der Waals surface area (Å²) in [5.41, 5.74) is 3.42. The summed E-state index contributed by atoms with van der Waals surface area (Å²) in [4.78, 5) is 8.67. The molecule has 0 bridgehead atoms. The van der Waals surface area contributed by atoms with Gasteiger partial charge in [0.1, 0.15) is 6.33 Å². The summed E-state index contributed by atoms with van der Waals surface area (Å²) in [6, 6.07) is 6.15. The lowest BCUT2D eigenvalue weighted by Crippen LogP contribution is -2.34. The average Bonchev–Trinajstić information content (AvgIpc) is 2.87. The van der Waals surface area contributed by atoms with Crippen LogP contribution in [0.1, 0.15) is 30.5 Å². The third kappa shape index (κ3) is 3.40. The lowest BCUT2D eigenvalue weighted by Gasteiger charge is -2.27. The maximum atomic E-state index is 13.2. The van der Waals surface area contributed by atoms with Crippen LogP contribution in [-0.2, 0) is 6.42 Å². The van der Waals surface area contributed by atoms with E-state index in [1.807, 2.05) is 26.0 Å². The number of aryl methyl sites for hydroxylation is 2. The number of thiophene rings is 1. The Morgan fingerprint density at radius 2 is 1.64 bits per heavy atom. The number of fused-ring (bicyclic) bond motifs is 1. The first kappa shape index (κ1) is 17.9. The fraction of sp³-hybridized carbons (Fsp3) is 0.368. The Bertz CT molecular complexity index is 906. The van der Waals surface area contributed by atoms with Crippen LogP contribution in [-0.4, -0.2) is 16.1 Å². The number of hydrogen-bond acceptors (Lipinski definition) is 3. The van der Waals surface area contributed by atoms with Crippen molar-refractivity contribution in [3.63, 3.8) is 0 Å². The number of halogens is 3. The van der Waals surface area contributed by atoms with Crippen molar-refractivity contribution in [2.24, 2.45) is 5.41 Å². The summed E-state index contributed by atoms with van der Waals surface area (Å²) in [5, 5.41) is 1.78. The Balaban J connectivity index is 2.09. The highest BCUT2D eigenvalue weighted by Gasteiger charge is 2.47. The first-order valence-electron chi connectivity index (χ1n) is 7.95. The van der Waals surface area contributed by atoms with E-state index in [9.17, 15) is 13.2 Å². The second kappa shape index (κ2) is 6.09. The number of aromatic nitrogens is 2. The quantitative estimate of drug-likeness (QED) is 0.561. The molecule has 0 saturated heterocycles. The predicted molar refractivity (Wildman–Crippen MR) is 95.9 cm³/mol. The maximum Gasteiger partial charge on any atom is 0.394 e. The minimum absolute atomic E-state index is 0.0974. The number of alkyl halides is 3. The van der Waals surface area contributed by atoms with Crippen LogP contribution in [0.2, 0.25) is 0 Å². The Morgan fingerprint density at radius 1 is 1.00 bits per heavy atom. The van der Waals surface area contributed by atoms with Crippen LogP contribution < -0.4 is 0 Å². The van der Waals surface area contributed by atoms with Crippen molar-refractivity contribution < 1.29 is 13.2 Å². The molecule has 3 rings (SSSR count). The standard InChI is InChI=1S/C19H19F3N2S/c1-11-5-12(2)7-13(6-11)15-17-16(24-10-23-15)14(9-25-17)8-18(3,4)19(20,21)22/h5-7,9-10H,8H2,1-4H3. The topological polar surface area (TPSA) is 25.8 Å². The van der Waals surface area contributed by atoms with Gasteiger partial charge < -0.3 is 0 Å². The molecule has 0 aliphatic carbocycles. The highest BCUT2D eigenvalue weighted by molar-refractivity contribution is 7.17. The second-order valence-electron chi connectivity index (χ2n) is 7.10. The summed E-state index contributed by atoms with van der Waals surface area (Å²) in [6.45, 7) is 6.48. The molecule has 0 unspecified atom stereocenters. The van der Waals surface area contributed by atoms with E-state index in [0.717, 1.165) is 27.1 Å². The van der Waals surface area contributed by atoms with Crippen molar-refractivity contribution in [2.45, 2.75) is 40.3 Å². The molecule has 0 fully saturated rings. The first-order chi connectivity index (χ1) is 11.6. The monoisotopic (exact) mass is 364 g/mol. The molecule has 2 aromatic heterocycles. The van der Waals surface area contributed by atoms with Gasteiger partial charge in [0.05, 0.1) is 21.3 Å². The van der Waals surface area contributed by atoms with Gasteiger partial charge in [-0.3, -0.25) is 0 Å². The van der Waals surface area contributed by atoms with Crippen molar-refractivity contribution in [3.05, 3.63) is 46.6 Å². The molecular weight excluding hydrogens is 345 g/mol. The van der Waals surface area contributed by atoms with Gasteiger partial charge in [0.25, 0.3) is 0 Å². The van der Waals surface area contributed by atoms with Crippen molar-refractivity contribution in [2.75, 3.05) is 0 Å². The lowest BCUT2D eigenvalue weighted by molar-refractivity contribution is -0.210. The zero-order valence-corrected chi connectivity index (χ0v) is 15.3. The minimum Gasteiger partial charge on any atom is -0.235 e. The van der Waals surface area contributed by atoms with Crippen molar-refractivity contribution in [3.8, 4) is 11.3 Å². The summed E-state index contributed by atoms with van der Waals surface area (Å²) >= 11 is 1.41. The maximum absolute atomic E-state index is 13.2. The van der Waals surface area contributed by atoms with Gasteiger partial charge in [-0.15, -0.1) is 11.3 Å². The van der Waals surface area contributed by atoms with Gasteiger partial charge in [-0.05, 0) is 43.3 Å². The van der Waals surface area contributed by atoms with Gasteiger partial charge in [0.2, 0.25) is 0 Å². The van der Waals surface area contributed by atoms with Gasteiger partial charge in [0, 0.05) is 5.56 Å². The van der Waals surface area contributed by atoms with E-state index in [4.69, 9.17) is 0 Å². The van der Waals surface area contributed by atoms with Crippen LogP contribution in [0.3, 0.4) is 0 Å². The molecule has 132 valence electrons. The largest absolute Gasteiger partial charge is 0.394 e. The predicted octanol–water partition coefficient (Wildman–Crippen LogP) is 6.11. The minimum atomic E-state index is -4.26. The molecule has 1 aromatic carbocycles. The van der Waals surface area contributed by atoms with E-state index >= 15 is 0 Å². The van der Waals surface area contributed by atoms with Gasteiger partial charge >= 0.3 is 6.18 Å². The average molecular weight is 364 g/mol. The summed E-state index contributed by atoms with van der Waals surface area (Å²) in [7, 11) is 0. The lowest BCUT2D eigenvalue weighted by atomic mass is 9.85. The number of nitrogens with zero attached hydrogens (tertiary/aromatic N) is 2. The molecule has 0 atom stereocenters. The summed E-state index contributed by atoms with van der Waals surface area (Å²) < 4.78 is 40.5. The zero-order valence-electron chi connectivity index (χ0n) is 14.5. The van der Waals surface area contributed by atoms with Crippen LogP contribution in [0, 0.1) is 19.3 Å². The Labute approximate surface area is 148 Å². The Hall–Kier alpha value is -1.95. The zero-order chi connectivity index (χ0) is 18.4. The SMILES string of the molecule is Cc1cc(C)cc(-c2ncnc3c(CC(C)(C)C(F)(F)F)csc23)c1. The summed E-state index contributed by atoms with van der Waals surface area (Å²) in [6.07, 6.45) is -2.92. The van der Waals surface area contributed by atoms with Crippen LogP contribution in [0.5, 0.6) is 0 Å². The number of benzene rings is 1. The van der Waals surface area contributed by atoms with E-state index in [0.29, 0.717) is 11.1 Å². The molecule has 0 saturated carbocycles. The van der Waals surface area contributed by atoms with Gasteiger partial charge in [-0.25, -0.2) is 9.97 Å². The number of rotatable bonds is 3. The Morgan fingerprint density at radius 3 is 2.24 bits per heavy atom. The molecule has 2 nitrogen and oxygen atoms in total. The van der Waals surface area contributed by atoms with Crippen LogP contribution in [0.25, 0.3) is 21.5 Å². The molecule has 0 N–H and O–H groups in total. The molecule has 0 aliphatic heterocycles. The van der Waals surface area contributed by atoms with Crippen LogP contribution in [0.4, 0.5) is 13.2 Å². The third-order valence-electron chi connectivity index (χ3n) is 4.32. The molecular formula is C19H19F3N2S. The fourth-order valence-corrected chi connectivity index (χ4v) is 3.95. The molecule has 0 amide bonds. The van der Waals surface area contributed by atoms with E-state index in [1.165, 1.54) is 31.5 Å². The molecule has 3 aromatic rings. The molecule has 0 radical (unpaired) electrons. The highest BCUT2D eigenvalue weighted by Crippen LogP contribution is 2.42. The molecule has 2 heterocycles. The van der Waals surface area contributed by atoms with Crippen LogP contribution >= 0.6 is 11.3 Å². The summed E-state index contributed by atoms with van der Waals surface area (Å²) in [5.74, 6) is 0. The van der Waals surface area contributed by atoms with E-state index in [2.05, 4.69) is 16.0 Å². The molecule has 0 spiro atoms. The second-order valence-corrected chi connectivity index (χ2v) is 7.98. The third-order valence-corrected chi connectivity index (χ3v) is 5.35. The Kier molecular flexibility index (Phi) is 4.35. The first-order valence-corrected chi connectivity index (χ1v) is 8.83. The number of hydrogen-bond donors (Lipinski definition) is 0. The highest BCUT2D eigenvalue weighted by atomic mass is 32.1. The van der Waals surface area contributed by atoms with Gasteiger partial charge in [-0.1, -0.05) is 31.0 Å². The van der Waals surface area contributed by atoms with Gasteiger partial charge in [-0.2, -0.15) is 13.2 Å². The van der Waals surface area contributed by atoms with Crippen molar-refractivity contribution in [1.29, 1.82) is 0 Å². The fourth-order valence-electron chi connectivity index (χ4n) is 2.92. The smallest absolute Gasteiger partial charge is 0.235 e. The molecule has 6 heteroatoms. The normalized spacial score (nSPS) is 12.8. The van der Waals surface area contributed by atoms with E-state index < -0.39 is 11.6 Å². The molecule has 0 aliphatic rings. The van der Waals surface area contributed by atoms with Crippen molar-refractivity contribution in [1.82, 2.24) is 9.97 Å². The van der Waals surface area contributed by atoms with E-state index in [-0.39, 0.29) is 6.42 Å².